The summed E-state index contributed by atoms with van der Waals surface area (Å²) in [5.41, 5.74) is 4.13. The van der Waals surface area contributed by atoms with E-state index in [9.17, 15) is 4.79 Å². The highest BCUT2D eigenvalue weighted by molar-refractivity contribution is 7.98. The molecule has 2 N–H and O–H groups in total. The van der Waals surface area contributed by atoms with Gasteiger partial charge in [0, 0.05) is 40.9 Å². The number of benzene rings is 1. The summed E-state index contributed by atoms with van der Waals surface area (Å²) in [7, 11) is 0. The highest BCUT2D eigenvalue weighted by atomic mass is 32.2. The first-order valence-electron chi connectivity index (χ1n) is 10.2. The van der Waals surface area contributed by atoms with Gasteiger partial charge >= 0.3 is 6.03 Å². The molecule has 1 aliphatic carbocycles. The molecule has 0 spiro atoms. The Hall–Kier alpha value is -2.32. The largest absolute Gasteiger partial charge is 0.377 e. The minimum absolute atomic E-state index is 0.144. The molecule has 0 radical (unpaired) electrons. The summed E-state index contributed by atoms with van der Waals surface area (Å²) >= 11 is 1.89. The lowest BCUT2D eigenvalue weighted by atomic mass is 10.1. The second kappa shape index (κ2) is 7.84. The van der Waals surface area contributed by atoms with E-state index in [2.05, 4.69) is 22.5 Å². The molecule has 2 aliphatic heterocycles. The van der Waals surface area contributed by atoms with Crippen LogP contribution < -0.4 is 15.5 Å². The number of aromatic nitrogens is 2. The number of thioether (sulfide) groups is 1. The number of hydrogen-bond donors (Lipinski definition) is 2. The van der Waals surface area contributed by atoms with Crippen LogP contribution in [0.3, 0.4) is 0 Å². The zero-order valence-corrected chi connectivity index (χ0v) is 17.3. The summed E-state index contributed by atoms with van der Waals surface area (Å²) in [6, 6.07) is 8.26. The monoisotopic (exact) mass is 411 g/mol. The fourth-order valence-electron chi connectivity index (χ4n) is 3.73. The molecule has 2 fully saturated rings. The van der Waals surface area contributed by atoms with Gasteiger partial charge in [-0.15, -0.1) is 0 Å². The zero-order chi connectivity index (χ0) is 19.8. The van der Waals surface area contributed by atoms with Crippen molar-refractivity contribution in [2.75, 3.05) is 30.0 Å². The first-order chi connectivity index (χ1) is 14.2. The fourth-order valence-corrected chi connectivity index (χ4v) is 4.76. The van der Waals surface area contributed by atoms with Crippen LogP contribution >= 0.6 is 11.8 Å². The van der Waals surface area contributed by atoms with Crippen LogP contribution in [0.25, 0.3) is 11.4 Å². The Kier molecular flexibility index (Phi) is 5.05. The Bertz CT molecular complexity index is 916. The van der Waals surface area contributed by atoms with E-state index < -0.39 is 0 Å². The Labute approximate surface area is 174 Å². The molecular weight excluding hydrogens is 386 g/mol. The second-order valence-electron chi connectivity index (χ2n) is 7.86. The standard InChI is InChI=1S/C21H25N5O2S/c1-13-10-28-9-8-26(13)20-17-11-29-12-18(17)24-19(25-20)14-2-4-15(5-3-14)22-21(27)23-16-6-7-16/h2-5,13,16H,6-12H2,1H3,(H2,22,23,27). The maximum Gasteiger partial charge on any atom is 0.319 e. The van der Waals surface area contributed by atoms with Crippen molar-refractivity contribution in [2.45, 2.75) is 43.4 Å². The van der Waals surface area contributed by atoms with Crippen LogP contribution in [0.5, 0.6) is 0 Å². The lowest BCUT2D eigenvalue weighted by Crippen LogP contribution is -2.44. The van der Waals surface area contributed by atoms with Crippen molar-refractivity contribution in [3.8, 4) is 11.4 Å². The summed E-state index contributed by atoms with van der Waals surface area (Å²) in [6.07, 6.45) is 2.15. The molecule has 2 amide bonds. The number of carbonyl (C=O) groups is 1. The van der Waals surface area contributed by atoms with E-state index in [0.29, 0.717) is 12.1 Å². The molecule has 1 saturated carbocycles. The van der Waals surface area contributed by atoms with E-state index in [0.717, 1.165) is 72.7 Å². The molecule has 1 unspecified atom stereocenters. The van der Waals surface area contributed by atoms with Crippen molar-refractivity contribution in [1.82, 2.24) is 15.3 Å². The average molecular weight is 412 g/mol. The minimum atomic E-state index is -0.144. The topological polar surface area (TPSA) is 79.4 Å². The van der Waals surface area contributed by atoms with Gasteiger partial charge in [0.25, 0.3) is 0 Å². The van der Waals surface area contributed by atoms with Gasteiger partial charge < -0.3 is 20.3 Å². The van der Waals surface area contributed by atoms with Crippen LogP contribution in [-0.4, -0.2) is 47.8 Å². The van der Waals surface area contributed by atoms with E-state index >= 15 is 0 Å². The van der Waals surface area contributed by atoms with Crippen molar-refractivity contribution >= 4 is 29.3 Å². The predicted molar refractivity (Wildman–Crippen MR) is 115 cm³/mol. The molecule has 3 aliphatic rings. The van der Waals surface area contributed by atoms with Gasteiger partial charge in [0.1, 0.15) is 5.82 Å². The second-order valence-corrected chi connectivity index (χ2v) is 8.84. The van der Waals surface area contributed by atoms with Gasteiger partial charge in [-0.3, -0.25) is 0 Å². The lowest BCUT2D eigenvalue weighted by molar-refractivity contribution is 0.0984. The third-order valence-corrected chi connectivity index (χ3v) is 6.48. The van der Waals surface area contributed by atoms with E-state index in [1.807, 2.05) is 36.0 Å². The Morgan fingerprint density at radius 3 is 2.79 bits per heavy atom. The van der Waals surface area contributed by atoms with Gasteiger partial charge in [-0.1, -0.05) is 0 Å². The predicted octanol–water partition coefficient (Wildman–Crippen LogP) is 3.40. The number of hydrogen-bond acceptors (Lipinski definition) is 6. The number of fused-ring (bicyclic) bond motifs is 1. The molecule has 3 heterocycles. The number of rotatable bonds is 4. The molecule has 1 aromatic carbocycles. The first-order valence-corrected chi connectivity index (χ1v) is 11.3. The minimum Gasteiger partial charge on any atom is -0.377 e. The van der Waals surface area contributed by atoms with Crippen LogP contribution in [0, 0.1) is 0 Å². The summed E-state index contributed by atoms with van der Waals surface area (Å²) in [6.45, 7) is 4.50. The molecule has 29 heavy (non-hydrogen) atoms. The van der Waals surface area contributed by atoms with Gasteiger partial charge in [0.15, 0.2) is 5.82 Å². The van der Waals surface area contributed by atoms with Crippen molar-refractivity contribution in [2.24, 2.45) is 0 Å². The number of nitrogens with zero attached hydrogens (tertiary/aromatic N) is 3. The summed E-state index contributed by atoms with van der Waals surface area (Å²) in [5, 5.41) is 5.82. The molecule has 5 rings (SSSR count). The molecule has 1 aromatic heterocycles. The Morgan fingerprint density at radius 2 is 2.03 bits per heavy atom. The van der Waals surface area contributed by atoms with E-state index in [1.165, 1.54) is 5.56 Å². The smallest absolute Gasteiger partial charge is 0.319 e. The quantitative estimate of drug-likeness (QED) is 0.803. The maximum atomic E-state index is 11.9. The van der Waals surface area contributed by atoms with Crippen LogP contribution in [0.4, 0.5) is 16.3 Å². The number of anilines is 2. The summed E-state index contributed by atoms with van der Waals surface area (Å²) in [4.78, 5) is 24.1. The Morgan fingerprint density at radius 1 is 1.21 bits per heavy atom. The van der Waals surface area contributed by atoms with Crippen LogP contribution in [0.2, 0.25) is 0 Å². The number of carbonyl (C=O) groups excluding carboxylic acids is 1. The van der Waals surface area contributed by atoms with E-state index in [4.69, 9.17) is 14.7 Å². The number of urea groups is 1. The highest BCUT2D eigenvalue weighted by Gasteiger charge is 2.28. The average Bonchev–Trinajstić information content (AvgIpc) is 3.40. The molecule has 8 heteroatoms. The van der Waals surface area contributed by atoms with Crippen LogP contribution in [0.1, 0.15) is 31.0 Å². The Balaban J connectivity index is 1.40. The molecular formula is C21H25N5O2S. The fraction of sp³-hybridized carbons (Fsp3) is 0.476. The summed E-state index contributed by atoms with van der Waals surface area (Å²) < 4.78 is 5.61. The van der Waals surface area contributed by atoms with Gasteiger partial charge in [-0.2, -0.15) is 11.8 Å². The van der Waals surface area contributed by atoms with Crippen LogP contribution in [0.15, 0.2) is 24.3 Å². The zero-order valence-electron chi connectivity index (χ0n) is 16.5. The summed E-state index contributed by atoms with van der Waals surface area (Å²) in [5.74, 6) is 3.69. The van der Waals surface area contributed by atoms with Crippen molar-refractivity contribution in [3.05, 3.63) is 35.5 Å². The maximum absolute atomic E-state index is 11.9. The normalized spacial score (nSPS) is 21.0. The highest BCUT2D eigenvalue weighted by Crippen LogP contribution is 2.37. The first kappa shape index (κ1) is 18.7. The van der Waals surface area contributed by atoms with Gasteiger partial charge in [0.2, 0.25) is 0 Å². The van der Waals surface area contributed by atoms with Crippen molar-refractivity contribution in [3.63, 3.8) is 0 Å². The van der Waals surface area contributed by atoms with Crippen molar-refractivity contribution in [1.29, 1.82) is 0 Å². The number of nitrogens with one attached hydrogen (secondary N) is 2. The molecule has 1 saturated heterocycles. The van der Waals surface area contributed by atoms with E-state index in [1.54, 1.807) is 0 Å². The molecule has 2 aromatic rings. The number of morpholine rings is 1. The SMILES string of the molecule is CC1COCCN1c1nc(-c2ccc(NC(=O)NC3CC3)cc2)nc2c1CSC2. The number of amides is 2. The lowest BCUT2D eigenvalue weighted by Gasteiger charge is -2.35. The van der Waals surface area contributed by atoms with E-state index in [-0.39, 0.29) is 6.03 Å². The van der Waals surface area contributed by atoms with Crippen molar-refractivity contribution < 1.29 is 9.53 Å². The number of ether oxygens (including phenoxy) is 1. The molecule has 0 bridgehead atoms. The molecule has 152 valence electrons. The van der Waals surface area contributed by atoms with Crippen LogP contribution in [-0.2, 0) is 16.2 Å². The third kappa shape index (κ3) is 4.04. The third-order valence-electron chi connectivity index (χ3n) is 5.51. The van der Waals surface area contributed by atoms with Gasteiger partial charge in [-0.05, 0) is 44.0 Å². The molecule has 1 atom stereocenters. The van der Waals surface area contributed by atoms with Gasteiger partial charge in [-0.25, -0.2) is 14.8 Å². The molecule has 7 nitrogen and oxygen atoms in total. The van der Waals surface area contributed by atoms with Gasteiger partial charge in [0.05, 0.1) is 24.9 Å².